The molecule has 2 heterocycles. The van der Waals surface area contributed by atoms with Crippen molar-refractivity contribution >= 4 is 45.0 Å². The molecule has 1 saturated heterocycles. The molecule has 2 aromatic carbocycles. The highest BCUT2D eigenvalue weighted by atomic mass is 35.5. The molecule has 1 fully saturated rings. The van der Waals surface area contributed by atoms with Crippen LogP contribution in [-0.2, 0) is 16.0 Å². The minimum absolute atomic E-state index is 0. The first-order chi connectivity index (χ1) is 14.6. The van der Waals surface area contributed by atoms with Crippen molar-refractivity contribution in [2.75, 3.05) is 44.3 Å². The SMILES string of the molecule is Cc1cccc2sc(N(CCCN3CCOCC3)C(=O)Cc3ccc(F)cc3)nc12.Cl. The number of hydrogen-bond acceptors (Lipinski definition) is 5. The van der Waals surface area contributed by atoms with Crippen LogP contribution in [0.15, 0.2) is 42.5 Å². The van der Waals surface area contributed by atoms with Crippen LogP contribution >= 0.6 is 23.7 Å². The maximum Gasteiger partial charge on any atom is 0.233 e. The van der Waals surface area contributed by atoms with Crippen molar-refractivity contribution in [3.8, 4) is 0 Å². The Morgan fingerprint density at radius 1 is 1.19 bits per heavy atom. The van der Waals surface area contributed by atoms with E-state index in [-0.39, 0.29) is 30.6 Å². The average Bonchev–Trinajstić information content (AvgIpc) is 3.19. The molecule has 31 heavy (non-hydrogen) atoms. The van der Waals surface area contributed by atoms with Gasteiger partial charge in [-0.3, -0.25) is 14.6 Å². The van der Waals surface area contributed by atoms with E-state index in [9.17, 15) is 9.18 Å². The summed E-state index contributed by atoms with van der Waals surface area (Å²) >= 11 is 1.55. The summed E-state index contributed by atoms with van der Waals surface area (Å²) in [6.07, 6.45) is 1.09. The monoisotopic (exact) mass is 463 g/mol. The number of anilines is 1. The van der Waals surface area contributed by atoms with E-state index >= 15 is 0 Å². The molecular weight excluding hydrogens is 437 g/mol. The number of amides is 1. The van der Waals surface area contributed by atoms with Crippen LogP contribution in [0.3, 0.4) is 0 Å². The molecule has 8 heteroatoms. The van der Waals surface area contributed by atoms with Gasteiger partial charge in [-0.05, 0) is 42.7 Å². The van der Waals surface area contributed by atoms with E-state index in [0.29, 0.717) is 6.54 Å². The molecule has 0 saturated carbocycles. The Morgan fingerprint density at radius 3 is 2.65 bits per heavy atom. The smallest absolute Gasteiger partial charge is 0.233 e. The first-order valence-corrected chi connectivity index (χ1v) is 11.1. The van der Waals surface area contributed by atoms with Crippen molar-refractivity contribution in [3.05, 3.63) is 59.4 Å². The fourth-order valence-electron chi connectivity index (χ4n) is 3.67. The third-order valence-corrected chi connectivity index (χ3v) is 6.41. The van der Waals surface area contributed by atoms with Gasteiger partial charge in [0.2, 0.25) is 5.91 Å². The Hall–Kier alpha value is -2.06. The number of morpholine rings is 1. The van der Waals surface area contributed by atoms with Crippen LogP contribution in [0.5, 0.6) is 0 Å². The van der Waals surface area contributed by atoms with Gasteiger partial charge >= 0.3 is 0 Å². The lowest BCUT2D eigenvalue weighted by molar-refractivity contribution is -0.118. The zero-order valence-corrected chi connectivity index (χ0v) is 19.2. The first-order valence-electron chi connectivity index (χ1n) is 10.3. The van der Waals surface area contributed by atoms with Gasteiger partial charge in [-0.15, -0.1) is 12.4 Å². The van der Waals surface area contributed by atoms with Crippen molar-refractivity contribution in [3.63, 3.8) is 0 Å². The second-order valence-corrected chi connectivity index (χ2v) is 8.58. The minimum atomic E-state index is -0.296. The van der Waals surface area contributed by atoms with Crippen molar-refractivity contribution < 1.29 is 13.9 Å². The van der Waals surface area contributed by atoms with Gasteiger partial charge in [0, 0.05) is 26.2 Å². The summed E-state index contributed by atoms with van der Waals surface area (Å²) in [6.45, 7) is 6.97. The van der Waals surface area contributed by atoms with Crippen LogP contribution in [-0.4, -0.2) is 55.2 Å². The Bertz CT molecular complexity index is 1010. The maximum absolute atomic E-state index is 13.2. The summed E-state index contributed by atoms with van der Waals surface area (Å²) in [5.74, 6) is -0.310. The summed E-state index contributed by atoms with van der Waals surface area (Å²) in [7, 11) is 0. The maximum atomic E-state index is 13.2. The Kier molecular flexibility index (Phi) is 8.37. The number of ether oxygens (including phenoxy) is 1. The Morgan fingerprint density at radius 2 is 1.94 bits per heavy atom. The van der Waals surface area contributed by atoms with Crippen LogP contribution in [0.1, 0.15) is 17.5 Å². The molecule has 5 nitrogen and oxygen atoms in total. The molecule has 0 radical (unpaired) electrons. The molecule has 0 N–H and O–H groups in total. The molecule has 1 amide bonds. The fraction of sp³-hybridized carbons (Fsp3) is 0.391. The Balaban J connectivity index is 0.00000272. The number of nitrogens with zero attached hydrogens (tertiary/aromatic N) is 3. The molecule has 166 valence electrons. The zero-order valence-electron chi connectivity index (χ0n) is 17.6. The molecule has 3 aromatic rings. The van der Waals surface area contributed by atoms with Crippen LogP contribution in [0.25, 0.3) is 10.2 Å². The van der Waals surface area contributed by atoms with Crippen LogP contribution < -0.4 is 4.90 Å². The number of para-hydroxylation sites is 1. The lowest BCUT2D eigenvalue weighted by Gasteiger charge is -2.27. The third kappa shape index (κ3) is 6.01. The number of rotatable bonds is 7. The average molecular weight is 464 g/mol. The standard InChI is InChI=1S/C23H26FN3O2S.ClH/c1-17-4-2-5-20-22(17)25-23(30-20)27(11-3-10-26-12-14-29-15-13-26)21(28)16-18-6-8-19(24)9-7-18;/h2,4-9H,3,10-16H2,1H3;1H. The fourth-order valence-corrected chi connectivity index (χ4v) is 4.75. The van der Waals surface area contributed by atoms with Gasteiger partial charge in [0.15, 0.2) is 5.13 Å². The van der Waals surface area contributed by atoms with E-state index in [0.717, 1.165) is 65.7 Å². The van der Waals surface area contributed by atoms with Crippen molar-refractivity contribution in [2.45, 2.75) is 19.8 Å². The van der Waals surface area contributed by atoms with Crippen LogP contribution in [0.2, 0.25) is 0 Å². The van der Waals surface area contributed by atoms with Crippen molar-refractivity contribution in [2.24, 2.45) is 0 Å². The van der Waals surface area contributed by atoms with Gasteiger partial charge in [0.1, 0.15) is 5.82 Å². The highest BCUT2D eigenvalue weighted by molar-refractivity contribution is 7.22. The first kappa shape index (κ1) is 23.6. The van der Waals surface area contributed by atoms with Crippen LogP contribution in [0.4, 0.5) is 9.52 Å². The number of aryl methyl sites for hydroxylation is 1. The number of thiazole rings is 1. The van der Waals surface area contributed by atoms with Gasteiger partial charge in [-0.2, -0.15) is 0 Å². The van der Waals surface area contributed by atoms with Crippen molar-refractivity contribution in [1.29, 1.82) is 0 Å². The summed E-state index contributed by atoms with van der Waals surface area (Å²) in [5.41, 5.74) is 2.86. The summed E-state index contributed by atoms with van der Waals surface area (Å²) in [4.78, 5) is 22.2. The number of halogens is 2. The molecule has 0 unspecified atom stereocenters. The van der Waals surface area contributed by atoms with E-state index in [1.54, 1.807) is 28.4 Å². The number of aromatic nitrogens is 1. The molecule has 4 rings (SSSR count). The number of carbonyl (C=O) groups is 1. The largest absolute Gasteiger partial charge is 0.379 e. The number of hydrogen-bond donors (Lipinski definition) is 0. The summed E-state index contributed by atoms with van der Waals surface area (Å²) in [5, 5.41) is 0.730. The molecular formula is C23H27ClFN3O2S. The zero-order chi connectivity index (χ0) is 20.9. The third-order valence-electron chi connectivity index (χ3n) is 5.37. The highest BCUT2D eigenvalue weighted by Crippen LogP contribution is 2.31. The van der Waals surface area contributed by atoms with E-state index in [1.807, 2.05) is 25.1 Å². The highest BCUT2D eigenvalue weighted by Gasteiger charge is 2.21. The quantitative estimate of drug-likeness (QED) is 0.519. The summed E-state index contributed by atoms with van der Waals surface area (Å²) < 4.78 is 19.7. The summed E-state index contributed by atoms with van der Waals surface area (Å²) in [6, 6.07) is 12.2. The normalized spacial score (nSPS) is 14.4. The second-order valence-electron chi connectivity index (χ2n) is 7.57. The minimum Gasteiger partial charge on any atom is -0.379 e. The molecule has 0 bridgehead atoms. The van der Waals surface area contributed by atoms with Gasteiger partial charge in [0.25, 0.3) is 0 Å². The molecule has 0 aliphatic carbocycles. The molecule has 1 aliphatic rings. The number of carbonyl (C=O) groups excluding carboxylic acids is 1. The number of fused-ring (bicyclic) bond motifs is 1. The van der Waals surface area contributed by atoms with E-state index in [2.05, 4.69) is 4.90 Å². The molecule has 0 atom stereocenters. The van der Waals surface area contributed by atoms with Gasteiger partial charge in [-0.1, -0.05) is 35.6 Å². The molecule has 1 aromatic heterocycles. The predicted octanol–water partition coefficient (Wildman–Crippen LogP) is 4.46. The van der Waals surface area contributed by atoms with Gasteiger partial charge in [-0.25, -0.2) is 9.37 Å². The van der Waals surface area contributed by atoms with E-state index < -0.39 is 0 Å². The van der Waals surface area contributed by atoms with Gasteiger partial charge < -0.3 is 4.74 Å². The number of benzene rings is 2. The predicted molar refractivity (Wildman–Crippen MR) is 126 cm³/mol. The molecule has 1 aliphatic heterocycles. The molecule has 0 spiro atoms. The topological polar surface area (TPSA) is 45.7 Å². The Labute approximate surface area is 192 Å². The van der Waals surface area contributed by atoms with Gasteiger partial charge in [0.05, 0.1) is 29.9 Å². The lowest BCUT2D eigenvalue weighted by Crippen LogP contribution is -2.39. The second kappa shape index (κ2) is 11.0. The van der Waals surface area contributed by atoms with E-state index in [1.165, 1.54) is 12.1 Å². The van der Waals surface area contributed by atoms with E-state index in [4.69, 9.17) is 9.72 Å². The lowest BCUT2D eigenvalue weighted by atomic mass is 10.1. The van der Waals surface area contributed by atoms with Crippen molar-refractivity contribution in [1.82, 2.24) is 9.88 Å². The van der Waals surface area contributed by atoms with Crippen LogP contribution in [0, 0.1) is 12.7 Å².